The molecule has 0 saturated heterocycles. The summed E-state index contributed by atoms with van der Waals surface area (Å²) in [5.41, 5.74) is 5.48. The molecule has 0 unspecified atom stereocenters. The number of urea groups is 3. The molecular formula is C60H85Cl4N11O13S2. The number of carbonyl (C=O) groups is 3. The number of hydrogen-bond acceptors (Lipinski definition) is 16. The van der Waals surface area contributed by atoms with Crippen molar-refractivity contribution in [3.63, 3.8) is 0 Å². The van der Waals surface area contributed by atoms with Crippen molar-refractivity contribution >= 4 is 84.5 Å². The maximum Gasteiger partial charge on any atom is 0.317 e. The molecule has 2 aliphatic heterocycles. The largest absolute Gasteiger partial charge is 0.378 e. The minimum absolute atomic E-state index is 0.0301. The summed E-state index contributed by atoms with van der Waals surface area (Å²) in [7, 11) is -5.88. The van der Waals surface area contributed by atoms with Gasteiger partial charge in [-0.2, -0.15) is 0 Å². The number of halogens is 4. The number of nitrogens with zero attached hydrogens (tertiary/aromatic N) is 3. The first-order valence-corrected chi connectivity index (χ1v) is 34.3. The fourth-order valence-corrected chi connectivity index (χ4v) is 13.1. The molecule has 6 rings (SSSR count). The van der Waals surface area contributed by atoms with E-state index in [1.54, 1.807) is 48.7 Å². The van der Waals surface area contributed by atoms with Gasteiger partial charge in [0.15, 0.2) is 0 Å². The van der Waals surface area contributed by atoms with Crippen LogP contribution in [0.1, 0.15) is 52.1 Å². The van der Waals surface area contributed by atoms with Crippen LogP contribution in [-0.2, 0) is 61.6 Å². The van der Waals surface area contributed by atoms with Gasteiger partial charge in [0.1, 0.15) is 0 Å². The number of hydrogen-bond donors (Lipinski definition) is 8. The standard InChI is InChI=1S/C60H85Cl4N11O13S2/c1-4-73-40-52(50-36-46(61)38-56(63)54(50)42-73)44-8-6-10-48(34-44)89(79,80)71-18-26-87-32-30-84-23-15-68-58(76)66-12-20-75(60(78)70-17-25-86-29-28-83-22-14-65-3)21-13-67-59(77)69-16-24-85-31-33-88-27-19-72-90(81,82)49-11-7-9-45(35-49)53-41-74(5-2)43-55-51(53)37-47(62)39-57(55)64/h4,6-11,34-39,52-53,65,71-72H,1,5,12-33,40-43H2,2-3H3,(H,70,78)(H2,66,68,76)(H2,67,69,77)/t52-,53-/m0/s1. The summed E-state index contributed by atoms with van der Waals surface area (Å²) in [5.74, 6) is -0.300. The second kappa shape index (κ2) is 39.4. The van der Waals surface area contributed by atoms with Crippen molar-refractivity contribution in [3.8, 4) is 0 Å². The zero-order valence-corrected chi connectivity index (χ0v) is 55.6. The Morgan fingerprint density at radius 2 is 0.956 bits per heavy atom. The van der Waals surface area contributed by atoms with Crippen molar-refractivity contribution in [2.24, 2.45) is 0 Å². The van der Waals surface area contributed by atoms with Crippen molar-refractivity contribution in [1.82, 2.24) is 56.0 Å². The van der Waals surface area contributed by atoms with Crippen molar-refractivity contribution in [3.05, 3.63) is 139 Å². The van der Waals surface area contributed by atoms with E-state index in [1.165, 1.54) is 11.0 Å². The molecule has 90 heavy (non-hydrogen) atoms. The first-order chi connectivity index (χ1) is 43.4. The Kier molecular flexibility index (Phi) is 32.4. The van der Waals surface area contributed by atoms with Gasteiger partial charge >= 0.3 is 18.1 Å². The van der Waals surface area contributed by atoms with Crippen molar-refractivity contribution in [1.29, 1.82) is 0 Å². The molecule has 2 atom stereocenters. The van der Waals surface area contributed by atoms with E-state index in [0.29, 0.717) is 66.1 Å². The van der Waals surface area contributed by atoms with Gasteiger partial charge in [-0.3, -0.25) is 4.90 Å². The van der Waals surface area contributed by atoms with Gasteiger partial charge < -0.3 is 70.1 Å². The summed E-state index contributed by atoms with van der Waals surface area (Å²) in [4.78, 5) is 44.4. The lowest BCUT2D eigenvalue weighted by atomic mass is 9.84. The van der Waals surface area contributed by atoms with Crippen LogP contribution < -0.4 is 41.3 Å². The number of ether oxygens (including phenoxy) is 6. The Hall–Kier alpha value is -5.11. The zero-order valence-electron chi connectivity index (χ0n) is 50.9. The van der Waals surface area contributed by atoms with Crippen LogP contribution in [0.15, 0.2) is 95.4 Å². The fourth-order valence-electron chi connectivity index (χ4n) is 9.86. The third-order valence-corrected chi connectivity index (χ3v) is 18.5. The van der Waals surface area contributed by atoms with Gasteiger partial charge in [-0.1, -0.05) is 84.2 Å². The van der Waals surface area contributed by atoms with Gasteiger partial charge in [0, 0.05) is 124 Å². The van der Waals surface area contributed by atoms with Crippen LogP contribution in [0, 0.1) is 0 Å². The number of amides is 6. The fraction of sp³-hybridized carbons (Fsp3) is 0.517. The minimum atomic E-state index is -3.87. The van der Waals surface area contributed by atoms with Crippen LogP contribution in [0.5, 0.6) is 0 Å². The lowest BCUT2D eigenvalue weighted by Crippen LogP contribution is -2.49. The highest BCUT2D eigenvalue weighted by molar-refractivity contribution is 7.89. The predicted molar refractivity (Wildman–Crippen MR) is 348 cm³/mol. The number of nitrogens with one attached hydrogen (secondary N) is 8. The maximum absolute atomic E-state index is 13.3. The summed E-state index contributed by atoms with van der Waals surface area (Å²) in [5, 5.41) is 18.8. The first-order valence-electron chi connectivity index (χ1n) is 29.8. The Morgan fingerprint density at radius 3 is 1.40 bits per heavy atom. The van der Waals surface area contributed by atoms with E-state index < -0.39 is 38.1 Å². The normalized spacial score (nSPS) is 15.0. The molecule has 0 fully saturated rings. The predicted octanol–water partition coefficient (Wildman–Crippen LogP) is 5.54. The molecule has 24 nitrogen and oxygen atoms in total. The molecule has 4 aromatic carbocycles. The average Bonchev–Trinajstić information content (AvgIpc) is 1.25. The van der Waals surface area contributed by atoms with E-state index in [0.717, 1.165) is 46.5 Å². The van der Waals surface area contributed by atoms with Crippen LogP contribution in [0.3, 0.4) is 0 Å². The van der Waals surface area contributed by atoms with Crippen LogP contribution in [0.2, 0.25) is 20.1 Å². The molecule has 0 saturated carbocycles. The van der Waals surface area contributed by atoms with E-state index in [1.807, 2.05) is 36.2 Å². The first kappa shape index (κ1) is 73.9. The molecule has 30 heteroatoms. The summed E-state index contributed by atoms with van der Waals surface area (Å²) in [6, 6.07) is 19.5. The van der Waals surface area contributed by atoms with E-state index in [2.05, 4.69) is 59.7 Å². The lowest BCUT2D eigenvalue weighted by molar-refractivity contribution is 0.0505. The highest BCUT2D eigenvalue weighted by Gasteiger charge is 2.31. The third kappa shape index (κ3) is 24.7. The number of rotatable bonds is 41. The van der Waals surface area contributed by atoms with Gasteiger partial charge in [-0.15, -0.1) is 0 Å². The second-order valence-corrected chi connectivity index (χ2v) is 26.0. The Balaban J connectivity index is 0.809. The van der Waals surface area contributed by atoms with Crippen LogP contribution in [-0.4, -0.2) is 221 Å². The number of benzene rings is 4. The highest BCUT2D eigenvalue weighted by Crippen LogP contribution is 2.41. The zero-order chi connectivity index (χ0) is 64.7. The quantitative estimate of drug-likeness (QED) is 0.0253. The molecule has 2 heterocycles. The van der Waals surface area contributed by atoms with Gasteiger partial charge in [-0.05, 0) is 102 Å². The molecule has 6 amide bonds. The monoisotopic (exact) mass is 1370 g/mol. The maximum atomic E-state index is 13.3. The van der Waals surface area contributed by atoms with Gasteiger partial charge in [0.05, 0.1) is 89.1 Å². The minimum Gasteiger partial charge on any atom is -0.378 e. The molecule has 0 aromatic heterocycles. The molecular weight excluding hydrogens is 1290 g/mol. The van der Waals surface area contributed by atoms with E-state index in [4.69, 9.17) is 74.8 Å². The SMILES string of the molecule is C=CN1Cc2c(Cl)cc(Cl)cc2[C@H](c2cccc(S(=O)(=O)NCCOCCOCCNC(=O)NCCN(CCNC(=O)NCCOCCOCCNS(=O)(=O)c3cccc([C@@H]4CN(CC)Cc5c(Cl)cc(Cl)cc54)c3)C(=O)NCCOCCOCCNC)c2)C1. The molecule has 0 radical (unpaired) electrons. The number of carbonyl (C=O) groups excluding carboxylic acids is 3. The smallest absolute Gasteiger partial charge is 0.317 e. The van der Waals surface area contributed by atoms with Crippen molar-refractivity contribution in [2.75, 3.05) is 171 Å². The number of sulfonamides is 2. The highest BCUT2D eigenvalue weighted by atomic mass is 35.5. The van der Waals surface area contributed by atoms with Gasteiger partial charge in [-0.25, -0.2) is 40.7 Å². The molecule has 4 aromatic rings. The molecule has 0 spiro atoms. The van der Waals surface area contributed by atoms with Crippen LogP contribution >= 0.6 is 46.4 Å². The number of likely N-dealkylation sites (N-methyl/N-ethyl adjacent to an activating group) is 2. The molecule has 0 bridgehead atoms. The van der Waals surface area contributed by atoms with E-state index in [9.17, 15) is 31.2 Å². The summed E-state index contributed by atoms with van der Waals surface area (Å²) >= 11 is 25.9. The molecule has 8 N–H and O–H groups in total. The Bertz CT molecular complexity index is 3160. The summed E-state index contributed by atoms with van der Waals surface area (Å²) in [6.45, 7) is 14.1. The average molecular weight is 1370 g/mol. The van der Waals surface area contributed by atoms with E-state index in [-0.39, 0.29) is 140 Å². The van der Waals surface area contributed by atoms with Crippen molar-refractivity contribution in [2.45, 2.75) is 41.6 Å². The van der Waals surface area contributed by atoms with E-state index >= 15 is 0 Å². The molecule has 498 valence electrons. The molecule has 2 aliphatic rings. The topological polar surface area (TPSA) is 281 Å². The third-order valence-electron chi connectivity index (χ3n) is 14.5. The molecule has 0 aliphatic carbocycles. The van der Waals surface area contributed by atoms with Crippen molar-refractivity contribution < 1.29 is 59.6 Å². The second-order valence-electron chi connectivity index (χ2n) is 20.8. The summed E-state index contributed by atoms with van der Waals surface area (Å²) < 4.78 is 91.7. The lowest BCUT2D eigenvalue weighted by Gasteiger charge is -2.35. The Labute approximate surface area is 549 Å². The number of fused-ring (bicyclic) bond motifs is 2. The Morgan fingerprint density at radius 1 is 0.544 bits per heavy atom. The van der Waals surface area contributed by atoms with Crippen LogP contribution in [0.4, 0.5) is 14.4 Å². The van der Waals surface area contributed by atoms with Gasteiger partial charge in [0.25, 0.3) is 0 Å². The van der Waals surface area contributed by atoms with Gasteiger partial charge in [0.2, 0.25) is 20.0 Å². The summed E-state index contributed by atoms with van der Waals surface area (Å²) in [6.07, 6.45) is 1.74. The van der Waals surface area contributed by atoms with Crippen LogP contribution in [0.25, 0.3) is 0 Å².